The fourth-order valence-corrected chi connectivity index (χ4v) is 2.05. The average molecular weight is 181 g/mol. The van der Waals surface area contributed by atoms with Gasteiger partial charge < -0.3 is 5.32 Å². The zero-order chi connectivity index (χ0) is 9.69. The minimum Gasteiger partial charge on any atom is -0.350 e. The van der Waals surface area contributed by atoms with Crippen LogP contribution in [-0.4, -0.2) is 11.4 Å². The molecule has 13 heavy (non-hydrogen) atoms. The lowest BCUT2D eigenvalue weighted by atomic mass is 9.95. The van der Waals surface area contributed by atoms with Gasteiger partial charge in [-0.05, 0) is 31.1 Å². The van der Waals surface area contributed by atoms with Gasteiger partial charge in [0.2, 0.25) is 5.91 Å². The summed E-state index contributed by atoms with van der Waals surface area (Å²) in [6.45, 7) is 6.22. The Morgan fingerprint density at radius 1 is 1.23 bits per heavy atom. The number of nitrogens with one attached hydrogen (secondary N) is 1. The van der Waals surface area contributed by atoms with Gasteiger partial charge in [-0.1, -0.05) is 20.8 Å². The molecule has 1 N–H and O–H groups in total. The van der Waals surface area contributed by atoms with Gasteiger partial charge in [0.1, 0.15) is 0 Å². The van der Waals surface area contributed by atoms with E-state index in [1.54, 1.807) is 0 Å². The van der Waals surface area contributed by atoms with Crippen molar-refractivity contribution < 1.29 is 4.79 Å². The van der Waals surface area contributed by atoms with Gasteiger partial charge in [0.15, 0.2) is 0 Å². The molecular formula is C11H19NO. The molecule has 2 nitrogen and oxygen atoms in total. The van der Waals surface area contributed by atoms with Crippen molar-refractivity contribution in [3.05, 3.63) is 0 Å². The largest absolute Gasteiger partial charge is 0.350 e. The Morgan fingerprint density at radius 3 is 2.08 bits per heavy atom. The third-order valence-electron chi connectivity index (χ3n) is 3.79. The molecule has 2 aliphatic rings. The van der Waals surface area contributed by atoms with E-state index < -0.39 is 0 Å². The van der Waals surface area contributed by atoms with Gasteiger partial charge in [0, 0.05) is 11.5 Å². The molecule has 0 unspecified atom stereocenters. The van der Waals surface area contributed by atoms with Gasteiger partial charge in [-0.2, -0.15) is 0 Å². The van der Waals surface area contributed by atoms with Crippen molar-refractivity contribution >= 4 is 5.91 Å². The molecule has 2 aliphatic carbocycles. The lowest BCUT2D eigenvalue weighted by Gasteiger charge is -2.25. The second kappa shape index (κ2) is 2.49. The maximum Gasteiger partial charge on any atom is 0.222 e. The van der Waals surface area contributed by atoms with Crippen LogP contribution in [-0.2, 0) is 4.79 Å². The summed E-state index contributed by atoms with van der Waals surface area (Å²) < 4.78 is 0. The van der Waals surface area contributed by atoms with Crippen LogP contribution in [0.4, 0.5) is 0 Å². The molecule has 0 saturated heterocycles. The first kappa shape index (κ1) is 9.04. The SMILES string of the molecule is CC(C)C(=O)NC1(C2(C)CC2)CC1. The molecule has 0 aromatic rings. The lowest BCUT2D eigenvalue weighted by Crippen LogP contribution is -2.44. The average Bonchev–Trinajstić information content (AvgIpc) is 2.88. The van der Waals surface area contributed by atoms with Crippen LogP contribution in [0, 0.1) is 11.3 Å². The van der Waals surface area contributed by atoms with Gasteiger partial charge in [0.05, 0.1) is 0 Å². The summed E-state index contributed by atoms with van der Waals surface area (Å²) in [7, 11) is 0. The first-order valence-corrected chi connectivity index (χ1v) is 5.31. The summed E-state index contributed by atoms with van der Waals surface area (Å²) in [5.41, 5.74) is 0.645. The highest BCUT2D eigenvalue weighted by Gasteiger charge is 2.63. The van der Waals surface area contributed by atoms with Gasteiger partial charge in [0.25, 0.3) is 0 Å². The second-order valence-electron chi connectivity index (χ2n) is 5.29. The number of hydrogen-bond donors (Lipinski definition) is 1. The summed E-state index contributed by atoms with van der Waals surface area (Å²) in [6, 6.07) is 0. The Kier molecular flexibility index (Phi) is 1.73. The van der Waals surface area contributed by atoms with E-state index in [1.165, 1.54) is 25.7 Å². The number of amides is 1. The zero-order valence-electron chi connectivity index (χ0n) is 8.81. The van der Waals surface area contributed by atoms with E-state index in [4.69, 9.17) is 0 Å². The maximum absolute atomic E-state index is 11.6. The van der Waals surface area contributed by atoms with Crippen LogP contribution < -0.4 is 5.32 Å². The predicted molar refractivity (Wildman–Crippen MR) is 52.3 cm³/mol. The monoisotopic (exact) mass is 181 g/mol. The normalized spacial score (nSPS) is 27.1. The first-order chi connectivity index (χ1) is 5.99. The van der Waals surface area contributed by atoms with E-state index >= 15 is 0 Å². The molecule has 0 atom stereocenters. The molecule has 2 fully saturated rings. The highest BCUT2D eigenvalue weighted by molar-refractivity contribution is 5.79. The third-order valence-corrected chi connectivity index (χ3v) is 3.79. The Hall–Kier alpha value is -0.530. The molecule has 0 aliphatic heterocycles. The molecular weight excluding hydrogens is 162 g/mol. The summed E-state index contributed by atoms with van der Waals surface area (Å²) in [5, 5.41) is 3.23. The number of carbonyl (C=O) groups excluding carboxylic acids is 1. The van der Waals surface area contributed by atoms with Crippen LogP contribution in [0.3, 0.4) is 0 Å². The summed E-state index contributed by atoms with van der Waals surface area (Å²) in [4.78, 5) is 11.6. The molecule has 0 aromatic carbocycles. The van der Waals surface area contributed by atoms with Gasteiger partial charge in [-0.3, -0.25) is 4.79 Å². The molecule has 1 amide bonds. The summed E-state index contributed by atoms with van der Waals surface area (Å²) in [5.74, 6) is 0.352. The quantitative estimate of drug-likeness (QED) is 0.709. The summed E-state index contributed by atoms with van der Waals surface area (Å²) >= 11 is 0. The number of hydrogen-bond acceptors (Lipinski definition) is 1. The highest BCUT2D eigenvalue weighted by atomic mass is 16.2. The molecule has 0 bridgehead atoms. The molecule has 0 heterocycles. The number of carbonyl (C=O) groups is 1. The number of rotatable bonds is 3. The third kappa shape index (κ3) is 1.36. The Bertz CT molecular complexity index is 236. The van der Waals surface area contributed by atoms with Crippen LogP contribution in [0.2, 0.25) is 0 Å². The zero-order valence-corrected chi connectivity index (χ0v) is 8.81. The second-order valence-corrected chi connectivity index (χ2v) is 5.29. The van der Waals surface area contributed by atoms with Crippen molar-refractivity contribution in [1.29, 1.82) is 0 Å². The van der Waals surface area contributed by atoms with Gasteiger partial charge in [-0.25, -0.2) is 0 Å². The molecule has 0 radical (unpaired) electrons. The molecule has 74 valence electrons. The Morgan fingerprint density at radius 2 is 1.77 bits per heavy atom. The molecule has 2 heteroatoms. The van der Waals surface area contributed by atoms with Crippen molar-refractivity contribution in [1.82, 2.24) is 5.32 Å². The topological polar surface area (TPSA) is 29.1 Å². The fraction of sp³-hybridized carbons (Fsp3) is 0.909. The van der Waals surface area contributed by atoms with Crippen molar-refractivity contribution in [3.63, 3.8) is 0 Å². The van der Waals surface area contributed by atoms with Crippen molar-refractivity contribution in [2.45, 2.75) is 52.0 Å². The molecule has 2 rings (SSSR count). The van der Waals surface area contributed by atoms with Crippen molar-refractivity contribution in [2.75, 3.05) is 0 Å². The first-order valence-electron chi connectivity index (χ1n) is 5.31. The van der Waals surface area contributed by atoms with Crippen LogP contribution in [0.5, 0.6) is 0 Å². The van der Waals surface area contributed by atoms with Crippen LogP contribution in [0.1, 0.15) is 46.5 Å². The Balaban J connectivity index is 1.98. The molecule has 0 aromatic heterocycles. The van der Waals surface area contributed by atoms with Crippen LogP contribution in [0.25, 0.3) is 0 Å². The minimum atomic E-state index is 0.125. The fourth-order valence-electron chi connectivity index (χ4n) is 2.05. The van der Waals surface area contributed by atoms with E-state index in [0.717, 1.165) is 0 Å². The van der Waals surface area contributed by atoms with Gasteiger partial charge >= 0.3 is 0 Å². The molecule has 2 saturated carbocycles. The predicted octanol–water partition coefficient (Wildman–Crippen LogP) is 2.09. The van der Waals surface area contributed by atoms with E-state index in [1.807, 2.05) is 13.8 Å². The van der Waals surface area contributed by atoms with E-state index in [-0.39, 0.29) is 17.4 Å². The van der Waals surface area contributed by atoms with Crippen molar-refractivity contribution in [3.8, 4) is 0 Å². The lowest BCUT2D eigenvalue weighted by molar-refractivity contribution is -0.125. The van der Waals surface area contributed by atoms with E-state index in [0.29, 0.717) is 5.41 Å². The molecule has 0 spiro atoms. The highest BCUT2D eigenvalue weighted by Crippen LogP contribution is 2.63. The Labute approximate surface area is 80.1 Å². The van der Waals surface area contributed by atoms with E-state index in [9.17, 15) is 4.79 Å². The van der Waals surface area contributed by atoms with Crippen LogP contribution in [0.15, 0.2) is 0 Å². The maximum atomic E-state index is 11.6. The van der Waals surface area contributed by atoms with Gasteiger partial charge in [-0.15, -0.1) is 0 Å². The van der Waals surface area contributed by atoms with E-state index in [2.05, 4.69) is 12.2 Å². The van der Waals surface area contributed by atoms with Crippen LogP contribution >= 0.6 is 0 Å². The van der Waals surface area contributed by atoms with Crippen molar-refractivity contribution in [2.24, 2.45) is 11.3 Å². The minimum absolute atomic E-state index is 0.125. The summed E-state index contributed by atoms with van der Waals surface area (Å²) in [6.07, 6.45) is 4.99. The standard InChI is InChI=1S/C11H19NO/c1-8(2)9(13)12-11(6-7-11)10(3)4-5-10/h8H,4-7H2,1-3H3,(H,12,13). The smallest absolute Gasteiger partial charge is 0.222 e.